The van der Waals surface area contributed by atoms with Gasteiger partial charge in [-0.1, -0.05) is 34.8 Å². The lowest BCUT2D eigenvalue weighted by molar-refractivity contribution is 0.101. The summed E-state index contributed by atoms with van der Waals surface area (Å²) in [5, 5.41) is 3.78. The molecule has 0 saturated heterocycles. The van der Waals surface area contributed by atoms with Crippen LogP contribution in [0.25, 0.3) is 0 Å². The van der Waals surface area contributed by atoms with Crippen LogP contribution in [0.15, 0.2) is 0 Å². The molecule has 0 bridgehead atoms. The van der Waals surface area contributed by atoms with Crippen LogP contribution in [-0.4, -0.2) is 20.9 Å². The number of hydrogen-bond donors (Lipinski definition) is 1. The molecular weight excluding hydrogens is 244 g/mol. The van der Waals surface area contributed by atoms with Crippen molar-refractivity contribution < 1.29 is 13.9 Å². The number of halogens is 6. The van der Waals surface area contributed by atoms with Crippen LogP contribution in [0.4, 0.5) is 8.78 Å². The molecule has 0 atom stereocenters. The summed E-state index contributed by atoms with van der Waals surface area (Å²) in [5.41, 5.74) is 0. The minimum atomic E-state index is -3.79. The first-order valence-electron chi connectivity index (χ1n) is 2.41. The smallest absolute Gasteiger partial charge is 0.368 e. The maximum Gasteiger partial charge on any atom is 0.368 e. The third-order valence-electron chi connectivity index (χ3n) is 0.321. The fraction of sp³-hybridized carbons (Fsp3) is 1.00. The molecule has 1 nitrogen and oxygen atoms in total. The van der Waals surface area contributed by atoms with E-state index in [0.717, 1.165) is 0 Å². The quantitative estimate of drug-likeness (QED) is 0.654. The van der Waals surface area contributed by atoms with E-state index in [0.29, 0.717) is 0 Å². The van der Waals surface area contributed by atoms with E-state index in [2.05, 4.69) is 46.4 Å². The normalized spacial score (nSPS) is 12.0. The molecular formula is C4H6Cl4F2O. The summed E-state index contributed by atoms with van der Waals surface area (Å²) in [6.45, 7) is 1.93. The Morgan fingerprint density at radius 1 is 1.18 bits per heavy atom. The minimum absolute atomic E-state index is 0.250. The first-order valence-corrected chi connectivity index (χ1v) is 3.92. The van der Waals surface area contributed by atoms with Crippen LogP contribution in [0.1, 0.15) is 6.92 Å². The van der Waals surface area contributed by atoms with Crippen molar-refractivity contribution in [3.63, 3.8) is 0 Å². The lowest BCUT2D eigenvalue weighted by Crippen LogP contribution is -2.26. The second-order valence-corrected chi connectivity index (χ2v) is 4.07. The molecule has 0 spiro atoms. The molecule has 7 heteroatoms. The van der Waals surface area contributed by atoms with E-state index in [1.165, 1.54) is 0 Å². The van der Waals surface area contributed by atoms with Crippen LogP contribution >= 0.6 is 46.4 Å². The average molecular weight is 250 g/mol. The highest BCUT2D eigenvalue weighted by molar-refractivity contribution is 6.70. The van der Waals surface area contributed by atoms with Gasteiger partial charge in [0.25, 0.3) is 3.79 Å². The van der Waals surface area contributed by atoms with Crippen LogP contribution in [0.3, 0.4) is 0 Å². The third-order valence-corrected chi connectivity index (χ3v) is 1.61. The van der Waals surface area contributed by atoms with Gasteiger partial charge in [-0.25, -0.2) is 0 Å². The third kappa shape index (κ3) is 8.89. The summed E-state index contributed by atoms with van der Waals surface area (Å²) in [4.78, 5) is 0. The van der Waals surface area contributed by atoms with Crippen LogP contribution in [-0.2, 0) is 0 Å². The van der Waals surface area contributed by atoms with E-state index >= 15 is 0 Å². The van der Waals surface area contributed by atoms with Gasteiger partial charge >= 0.3 is 5.38 Å². The number of aliphatic hydroxyl groups is 1. The molecule has 0 rings (SSSR count). The Hall–Kier alpha value is 0.980. The van der Waals surface area contributed by atoms with Crippen molar-refractivity contribution in [1.29, 1.82) is 0 Å². The van der Waals surface area contributed by atoms with Gasteiger partial charge in [0, 0.05) is 6.61 Å². The van der Waals surface area contributed by atoms with Gasteiger partial charge in [0.05, 0.1) is 0 Å². The predicted octanol–water partition coefficient (Wildman–Crippen LogP) is 3.19. The largest absolute Gasteiger partial charge is 0.397 e. The molecule has 0 amide bonds. The first kappa shape index (κ1) is 14.5. The Balaban J connectivity index is 0. The zero-order chi connectivity index (χ0) is 9.71. The Bertz CT molecular complexity index is 85.2. The van der Waals surface area contributed by atoms with Gasteiger partial charge in [0.1, 0.15) is 0 Å². The van der Waals surface area contributed by atoms with E-state index < -0.39 is 9.17 Å². The van der Waals surface area contributed by atoms with Crippen molar-refractivity contribution in [3.05, 3.63) is 0 Å². The number of alkyl halides is 6. The van der Waals surface area contributed by atoms with Gasteiger partial charge < -0.3 is 5.11 Å². The van der Waals surface area contributed by atoms with Crippen LogP contribution in [0, 0.1) is 0 Å². The lowest BCUT2D eigenvalue weighted by Gasteiger charge is -2.15. The molecule has 1 N–H and O–H groups in total. The maximum atomic E-state index is 11.6. The van der Waals surface area contributed by atoms with Crippen molar-refractivity contribution in [3.8, 4) is 0 Å². The van der Waals surface area contributed by atoms with Crippen molar-refractivity contribution in [2.24, 2.45) is 0 Å². The van der Waals surface area contributed by atoms with Crippen LogP contribution in [0.2, 0.25) is 0 Å². The molecule has 0 aliphatic carbocycles. The minimum Gasteiger partial charge on any atom is -0.397 e. The van der Waals surface area contributed by atoms with Crippen molar-refractivity contribution in [1.82, 2.24) is 0 Å². The fourth-order valence-corrected chi connectivity index (χ4v) is 0. The molecule has 0 aromatic rings. The van der Waals surface area contributed by atoms with Gasteiger partial charge in [-0.05, 0) is 18.5 Å². The number of hydrogen-bond acceptors (Lipinski definition) is 1. The van der Waals surface area contributed by atoms with Gasteiger partial charge in [0.15, 0.2) is 0 Å². The standard InChI is InChI=1S/C2Cl4F2.C2H6O/c3-1(4,5)2(6,7)8;1-2-3/h;3H,2H2,1H3. The molecule has 0 fully saturated rings. The van der Waals surface area contributed by atoms with Gasteiger partial charge in [0.2, 0.25) is 0 Å². The first-order chi connectivity index (χ1) is 4.66. The van der Waals surface area contributed by atoms with Gasteiger partial charge in [-0.15, -0.1) is 0 Å². The number of rotatable bonds is 0. The average Bonchev–Trinajstić information content (AvgIpc) is 1.60. The Labute approximate surface area is 83.2 Å². The van der Waals surface area contributed by atoms with Crippen LogP contribution in [0.5, 0.6) is 0 Å². The number of aliphatic hydroxyl groups excluding tert-OH is 1. The fourth-order valence-electron chi connectivity index (χ4n) is 0. The molecule has 0 radical (unpaired) electrons. The molecule has 0 aromatic carbocycles. The van der Waals surface area contributed by atoms with E-state index in [4.69, 9.17) is 5.11 Å². The zero-order valence-corrected chi connectivity index (χ0v) is 8.45. The molecule has 11 heavy (non-hydrogen) atoms. The molecule has 70 valence electrons. The molecule has 0 saturated carbocycles. The predicted molar refractivity (Wildman–Crippen MR) is 43.8 cm³/mol. The molecule has 0 unspecified atom stereocenters. The monoisotopic (exact) mass is 248 g/mol. The van der Waals surface area contributed by atoms with Gasteiger partial charge in [-0.3, -0.25) is 0 Å². The van der Waals surface area contributed by atoms with E-state index in [1.807, 2.05) is 0 Å². The Morgan fingerprint density at radius 2 is 1.27 bits per heavy atom. The summed E-state index contributed by atoms with van der Waals surface area (Å²) >= 11 is 18.3. The molecule has 0 aliphatic rings. The summed E-state index contributed by atoms with van der Waals surface area (Å²) < 4.78 is 20.5. The highest BCUT2D eigenvalue weighted by Gasteiger charge is 2.48. The summed E-state index contributed by atoms with van der Waals surface area (Å²) in [7, 11) is 0. The van der Waals surface area contributed by atoms with Gasteiger partial charge in [-0.2, -0.15) is 8.78 Å². The van der Waals surface area contributed by atoms with E-state index in [9.17, 15) is 8.78 Å². The highest BCUT2D eigenvalue weighted by Crippen LogP contribution is 2.44. The maximum absolute atomic E-state index is 11.6. The SMILES string of the molecule is CCO.FC(F)(Cl)C(Cl)(Cl)Cl. The highest BCUT2D eigenvalue weighted by atomic mass is 35.6. The van der Waals surface area contributed by atoms with Crippen molar-refractivity contribution in [2.75, 3.05) is 6.61 Å². The van der Waals surface area contributed by atoms with E-state index in [1.54, 1.807) is 6.92 Å². The second-order valence-electron chi connectivity index (χ2n) is 1.31. The topological polar surface area (TPSA) is 20.2 Å². The van der Waals surface area contributed by atoms with Crippen molar-refractivity contribution >= 4 is 46.4 Å². The lowest BCUT2D eigenvalue weighted by atomic mass is 10.8. The summed E-state index contributed by atoms with van der Waals surface area (Å²) in [6, 6.07) is 0. The molecule has 0 aromatic heterocycles. The Kier molecular flexibility index (Phi) is 7.38. The molecule has 0 aliphatic heterocycles. The summed E-state index contributed by atoms with van der Waals surface area (Å²) in [5.74, 6) is 0. The summed E-state index contributed by atoms with van der Waals surface area (Å²) in [6.07, 6.45) is 0. The Morgan fingerprint density at radius 3 is 1.27 bits per heavy atom. The second kappa shape index (κ2) is 5.60. The van der Waals surface area contributed by atoms with Crippen molar-refractivity contribution in [2.45, 2.75) is 16.1 Å². The zero-order valence-electron chi connectivity index (χ0n) is 5.42. The van der Waals surface area contributed by atoms with Crippen LogP contribution < -0.4 is 0 Å². The molecule has 0 heterocycles. The van der Waals surface area contributed by atoms with E-state index in [-0.39, 0.29) is 6.61 Å².